The Bertz CT molecular complexity index is 334. The second-order valence-electron chi connectivity index (χ2n) is 3.11. The van der Waals surface area contributed by atoms with E-state index >= 15 is 0 Å². The first-order valence-electron chi connectivity index (χ1n) is 4.44. The Morgan fingerprint density at radius 1 is 1.57 bits per heavy atom. The van der Waals surface area contributed by atoms with Gasteiger partial charge in [0, 0.05) is 5.41 Å². The van der Waals surface area contributed by atoms with Crippen LogP contribution in [0.4, 0.5) is 0 Å². The molecular formula is C8H14N2O3S. The molecule has 0 fully saturated rings. The SMILES string of the molecule is CCNCC(=O)NC1C=CS(=O)(=O)C1. The molecule has 80 valence electrons. The smallest absolute Gasteiger partial charge is 0.234 e. The van der Waals surface area contributed by atoms with E-state index in [9.17, 15) is 13.2 Å². The van der Waals surface area contributed by atoms with E-state index in [2.05, 4.69) is 10.6 Å². The van der Waals surface area contributed by atoms with Gasteiger partial charge >= 0.3 is 0 Å². The van der Waals surface area contributed by atoms with Gasteiger partial charge in [-0.05, 0) is 12.6 Å². The van der Waals surface area contributed by atoms with Crippen molar-refractivity contribution in [3.05, 3.63) is 11.5 Å². The third kappa shape index (κ3) is 3.47. The van der Waals surface area contributed by atoms with Crippen LogP contribution in [0.25, 0.3) is 0 Å². The van der Waals surface area contributed by atoms with Crippen LogP contribution in [0.15, 0.2) is 11.5 Å². The number of carbonyl (C=O) groups excluding carboxylic acids is 1. The lowest BCUT2D eigenvalue weighted by atomic mass is 10.3. The molecule has 0 saturated heterocycles. The Kier molecular flexibility index (Phi) is 3.65. The van der Waals surface area contributed by atoms with Crippen LogP contribution < -0.4 is 10.6 Å². The quantitative estimate of drug-likeness (QED) is 0.636. The van der Waals surface area contributed by atoms with Gasteiger partial charge in [-0.15, -0.1) is 0 Å². The summed E-state index contributed by atoms with van der Waals surface area (Å²) in [5.41, 5.74) is 0. The number of nitrogens with one attached hydrogen (secondary N) is 2. The summed E-state index contributed by atoms with van der Waals surface area (Å²) in [5.74, 6) is -0.205. The Morgan fingerprint density at radius 2 is 2.29 bits per heavy atom. The fraction of sp³-hybridized carbons (Fsp3) is 0.625. The lowest BCUT2D eigenvalue weighted by molar-refractivity contribution is -0.120. The van der Waals surface area contributed by atoms with Gasteiger partial charge in [0.05, 0.1) is 18.3 Å². The number of hydrogen-bond donors (Lipinski definition) is 2. The minimum absolute atomic E-state index is 0.0230. The molecule has 0 aromatic carbocycles. The van der Waals surface area contributed by atoms with Crippen LogP contribution in [0.1, 0.15) is 6.92 Å². The van der Waals surface area contributed by atoms with Gasteiger partial charge in [-0.2, -0.15) is 0 Å². The Balaban J connectivity index is 2.34. The van der Waals surface area contributed by atoms with Gasteiger partial charge in [0.1, 0.15) is 0 Å². The largest absolute Gasteiger partial charge is 0.348 e. The van der Waals surface area contributed by atoms with Crippen molar-refractivity contribution < 1.29 is 13.2 Å². The van der Waals surface area contributed by atoms with Crippen molar-refractivity contribution in [2.24, 2.45) is 0 Å². The Labute approximate surface area is 83.5 Å². The third-order valence-electron chi connectivity index (χ3n) is 1.81. The summed E-state index contributed by atoms with van der Waals surface area (Å²) in [6.07, 6.45) is 1.50. The molecule has 0 aliphatic carbocycles. The Hall–Kier alpha value is -0.880. The molecule has 0 radical (unpaired) electrons. The van der Waals surface area contributed by atoms with Crippen molar-refractivity contribution in [3.63, 3.8) is 0 Å². The van der Waals surface area contributed by atoms with Crippen LogP contribution in [0.2, 0.25) is 0 Å². The van der Waals surface area contributed by atoms with Gasteiger partial charge in [-0.25, -0.2) is 8.42 Å². The molecule has 1 atom stereocenters. The van der Waals surface area contributed by atoms with E-state index in [0.29, 0.717) is 6.54 Å². The van der Waals surface area contributed by atoms with Crippen LogP contribution in [-0.4, -0.2) is 39.2 Å². The van der Waals surface area contributed by atoms with Gasteiger partial charge in [-0.3, -0.25) is 4.79 Å². The zero-order chi connectivity index (χ0) is 10.6. The van der Waals surface area contributed by atoms with E-state index < -0.39 is 9.84 Å². The topological polar surface area (TPSA) is 75.3 Å². The summed E-state index contributed by atoms with van der Waals surface area (Å²) in [4.78, 5) is 11.2. The summed E-state index contributed by atoms with van der Waals surface area (Å²) in [6.45, 7) is 2.83. The second-order valence-corrected chi connectivity index (χ2v) is 5.04. The van der Waals surface area contributed by atoms with Crippen molar-refractivity contribution in [2.45, 2.75) is 13.0 Å². The molecule has 1 unspecified atom stereocenters. The molecule has 0 saturated carbocycles. The van der Waals surface area contributed by atoms with Crippen LogP contribution in [-0.2, 0) is 14.6 Å². The minimum Gasteiger partial charge on any atom is -0.348 e. The van der Waals surface area contributed by atoms with Crippen LogP contribution in [0, 0.1) is 0 Å². The van der Waals surface area contributed by atoms with Crippen LogP contribution >= 0.6 is 0 Å². The fourth-order valence-electron chi connectivity index (χ4n) is 1.16. The predicted molar refractivity (Wildman–Crippen MR) is 53.4 cm³/mol. The highest BCUT2D eigenvalue weighted by molar-refractivity contribution is 7.94. The van der Waals surface area contributed by atoms with E-state index in [-0.39, 0.29) is 24.2 Å². The molecule has 2 N–H and O–H groups in total. The highest BCUT2D eigenvalue weighted by atomic mass is 32.2. The zero-order valence-electron chi connectivity index (χ0n) is 7.99. The van der Waals surface area contributed by atoms with Gasteiger partial charge in [0.15, 0.2) is 9.84 Å². The van der Waals surface area contributed by atoms with Crippen molar-refractivity contribution in [1.29, 1.82) is 0 Å². The number of rotatable bonds is 4. The lowest BCUT2D eigenvalue weighted by Crippen LogP contribution is -2.40. The summed E-state index contributed by atoms with van der Waals surface area (Å²) in [7, 11) is -3.08. The lowest BCUT2D eigenvalue weighted by Gasteiger charge is -2.09. The predicted octanol–water partition coefficient (Wildman–Crippen LogP) is -0.977. The molecule has 5 nitrogen and oxygen atoms in total. The molecule has 0 aromatic rings. The van der Waals surface area contributed by atoms with Gasteiger partial charge in [0.25, 0.3) is 0 Å². The summed E-state index contributed by atoms with van der Waals surface area (Å²) in [5, 5.41) is 6.60. The first-order valence-corrected chi connectivity index (χ1v) is 6.16. The fourth-order valence-corrected chi connectivity index (χ4v) is 2.40. The van der Waals surface area contributed by atoms with Gasteiger partial charge in [0.2, 0.25) is 5.91 Å². The number of hydrogen-bond acceptors (Lipinski definition) is 4. The molecule has 6 heteroatoms. The number of likely N-dealkylation sites (N-methyl/N-ethyl adjacent to an activating group) is 1. The maximum absolute atomic E-state index is 11.2. The highest BCUT2D eigenvalue weighted by Gasteiger charge is 2.22. The maximum atomic E-state index is 11.2. The average molecular weight is 218 g/mol. The zero-order valence-corrected chi connectivity index (χ0v) is 8.80. The molecule has 1 amide bonds. The van der Waals surface area contributed by atoms with Crippen molar-refractivity contribution in [2.75, 3.05) is 18.8 Å². The van der Waals surface area contributed by atoms with Crippen LogP contribution in [0.3, 0.4) is 0 Å². The number of sulfone groups is 1. The summed E-state index contributed by atoms with van der Waals surface area (Å²) in [6, 6.07) is -0.369. The normalized spacial score (nSPS) is 23.6. The molecular weight excluding hydrogens is 204 g/mol. The maximum Gasteiger partial charge on any atom is 0.234 e. The van der Waals surface area contributed by atoms with Gasteiger partial charge < -0.3 is 10.6 Å². The standard InChI is InChI=1S/C8H14N2O3S/c1-2-9-5-8(11)10-7-3-4-14(12,13)6-7/h3-4,7,9H,2,5-6H2,1H3,(H,10,11). The summed E-state index contributed by atoms with van der Waals surface area (Å²) < 4.78 is 22.0. The first kappa shape index (κ1) is 11.2. The Morgan fingerprint density at radius 3 is 2.79 bits per heavy atom. The molecule has 1 rings (SSSR count). The van der Waals surface area contributed by atoms with Gasteiger partial charge in [-0.1, -0.05) is 6.92 Å². The molecule has 1 heterocycles. The van der Waals surface area contributed by atoms with Crippen molar-refractivity contribution >= 4 is 15.7 Å². The minimum atomic E-state index is -3.08. The van der Waals surface area contributed by atoms with E-state index in [4.69, 9.17) is 0 Å². The van der Waals surface area contributed by atoms with E-state index in [1.807, 2.05) is 6.92 Å². The molecule has 1 aliphatic rings. The molecule has 14 heavy (non-hydrogen) atoms. The number of carbonyl (C=O) groups is 1. The molecule has 0 spiro atoms. The van der Waals surface area contributed by atoms with E-state index in [1.165, 1.54) is 6.08 Å². The second kappa shape index (κ2) is 4.56. The van der Waals surface area contributed by atoms with E-state index in [0.717, 1.165) is 5.41 Å². The first-order chi connectivity index (χ1) is 6.53. The molecule has 0 bridgehead atoms. The van der Waals surface area contributed by atoms with Crippen molar-refractivity contribution in [3.8, 4) is 0 Å². The van der Waals surface area contributed by atoms with Crippen molar-refractivity contribution in [1.82, 2.24) is 10.6 Å². The molecule has 1 aliphatic heterocycles. The highest BCUT2D eigenvalue weighted by Crippen LogP contribution is 2.07. The monoisotopic (exact) mass is 218 g/mol. The summed E-state index contributed by atoms with van der Waals surface area (Å²) >= 11 is 0. The van der Waals surface area contributed by atoms with E-state index in [1.54, 1.807) is 0 Å². The van der Waals surface area contributed by atoms with Crippen LogP contribution in [0.5, 0.6) is 0 Å². The molecule has 0 aromatic heterocycles. The number of amides is 1. The third-order valence-corrected chi connectivity index (χ3v) is 3.21. The average Bonchev–Trinajstić information content (AvgIpc) is 2.42.